The Morgan fingerprint density at radius 2 is 1.95 bits per heavy atom. The van der Waals surface area contributed by atoms with Crippen LogP contribution < -0.4 is 5.32 Å². The highest BCUT2D eigenvalue weighted by molar-refractivity contribution is 5.89. The molecule has 0 bridgehead atoms. The number of methoxy groups -OCH3 is 1. The molecule has 0 aromatic heterocycles. The molecular formula is C17H17F2NO2. The smallest absolute Gasteiger partial charge is 0.337 e. The van der Waals surface area contributed by atoms with E-state index in [9.17, 15) is 13.6 Å². The van der Waals surface area contributed by atoms with Crippen molar-refractivity contribution in [3.63, 3.8) is 0 Å². The van der Waals surface area contributed by atoms with Crippen LogP contribution in [0.2, 0.25) is 0 Å². The Morgan fingerprint density at radius 3 is 2.68 bits per heavy atom. The van der Waals surface area contributed by atoms with Gasteiger partial charge in [0.2, 0.25) is 0 Å². The highest BCUT2D eigenvalue weighted by atomic mass is 19.2. The van der Waals surface area contributed by atoms with Gasteiger partial charge in [-0.05, 0) is 30.7 Å². The lowest BCUT2D eigenvalue weighted by atomic mass is 10.1. The molecule has 0 spiro atoms. The van der Waals surface area contributed by atoms with Gasteiger partial charge in [-0.2, -0.15) is 0 Å². The Kier molecular flexibility index (Phi) is 5.22. The van der Waals surface area contributed by atoms with E-state index in [-0.39, 0.29) is 11.6 Å². The van der Waals surface area contributed by atoms with Gasteiger partial charge >= 0.3 is 5.97 Å². The summed E-state index contributed by atoms with van der Waals surface area (Å²) in [5.41, 5.74) is 1.57. The summed E-state index contributed by atoms with van der Waals surface area (Å²) in [6, 6.07) is 10.7. The first kappa shape index (κ1) is 16.1. The fraction of sp³-hybridized carbons (Fsp3) is 0.235. The van der Waals surface area contributed by atoms with Crippen LogP contribution in [0.5, 0.6) is 0 Å². The lowest BCUT2D eigenvalue weighted by Gasteiger charge is -2.15. The van der Waals surface area contributed by atoms with Crippen LogP contribution in [0.15, 0.2) is 42.5 Å². The molecule has 3 nitrogen and oxygen atoms in total. The van der Waals surface area contributed by atoms with Gasteiger partial charge in [-0.1, -0.05) is 24.3 Å². The van der Waals surface area contributed by atoms with Crippen LogP contribution in [0, 0.1) is 11.6 Å². The minimum Gasteiger partial charge on any atom is -0.465 e. The van der Waals surface area contributed by atoms with Crippen LogP contribution in [-0.4, -0.2) is 13.1 Å². The predicted octanol–water partition coefficient (Wildman–Crippen LogP) is 3.60. The second-order valence-corrected chi connectivity index (χ2v) is 4.94. The number of nitrogens with one attached hydrogen (secondary N) is 1. The van der Waals surface area contributed by atoms with E-state index in [1.54, 1.807) is 31.2 Å². The topological polar surface area (TPSA) is 38.3 Å². The van der Waals surface area contributed by atoms with E-state index in [2.05, 4.69) is 10.1 Å². The van der Waals surface area contributed by atoms with Crippen LogP contribution in [0.4, 0.5) is 8.78 Å². The fourth-order valence-corrected chi connectivity index (χ4v) is 2.16. The molecule has 0 aliphatic heterocycles. The molecule has 116 valence electrons. The largest absolute Gasteiger partial charge is 0.465 e. The average Bonchev–Trinajstić information content (AvgIpc) is 2.54. The van der Waals surface area contributed by atoms with E-state index >= 15 is 0 Å². The Labute approximate surface area is 127 Å². The number of benzene rings is 2. The second-order valence-electron chi connectivity index (χ2n) is 4.94. The quantitative estimate of drug-likeness (QED) is 0.858. The summed E-state index contributed by atoms with van der Waals surface area (Å²) in [5, 5.41) is 3.11. The van der Waals surface area contributed by atoms with Crippen molar-refractivity contribution in [2.75, 3.05) is 7.11 Å². The summed E-state index contributed by atoms with van der Waals surface area (Å²) in [5.74, 6) is -2.12. The van der Waals surface area contributed by atoms with Crippen LogP contribution in [0.1, 0.15) is 34.5 Å². The van der Waals surface area contributed by atoms with E-state index in [0.29, 0.717) is 12.1 Å². The zero-order chi connectivity index (χ0) is 16.1. The van der Waals surface area contributed by atoms with E-state index in [1.807, 2.05) is 6.07 Å². The standard InChI is InChI=1S/C17H17F2NO2/c1-11(14-7-4-8-15(18)16(14)19)20-10-12-5-3-6-13(9-12)17(21)22-2/h3-9,11,20H,10H2,1-2H3/t11-/m1/s1. The van der Waals surface area contributed by atoms with E-state index in [0.717, 1.165) is 11.6 Å². The van der Waals surface area contributed by atoms with E-state index in [4.69, 9.17) is 0 Å². The summed E-state index contributed by atoms with van der Waals surface area (Å²) in [7, 11) is 1.32. The maximum atomic E-state index is 13.7. The molecule has 2 aromatic carbocycles. The molecule has 0 unspecified atom stereocenters. The van der Waals surface area contributed by atoms with Crippen molar-refractivity contribution in [2.45, 2.75) is 19.5 Å². The maximum Gasteiger partial charge on any atom is 0.337 e. The number of halogens is 2. The maximum absolute atomic E-state index is 13.7. The molecular weight excluding hydrogens is 288 g/mol. The van der Waals surface area contributed by atoms with Crippen molar-refractivity contribution >= 4 is 5.97 Å². The van der Waals surface area contributed by atoms with E-state index in [1.165, 1.54) is 13.2 Å². The molecule has 0 fully saturated rings. The molecule has 0 saturated carbocycles. The first-order valence-corrected chi connectivity index (χ1v) is 6.87. The van der Waals surface area contributed by atoms with Crippen molar-refractivity contribution in [1.29, 1.82) is 0 Å². The van der Waals surface area contributed by atoms with Gasteiger partial charge in [0, 0.05) is 18.2 Å². The number of hydrogen-bond donors (Lipinski definition) is 1. The van der Waals surface area contributed by atoms with Gasteiger partial charge < -0.3 is 10.1 Å². The van der Waals surface area contributed by atoms with Crippen LogP contribution in [-0.2, 0) is 11.3 Å². The van der Waals surface area contributed by atoms with Crippen molar-refractivity contribution in [3.8, 4) is 0 Å². The summed E-state index contributed by atoms with van der Waals surface area (Å²) in [6.45, 7) is 2.17. The normalized spacial score (nSPS) is 12.0. The summed E-state index contributed by atoms with van der Waals surface area (Å²) >= 11 is 0. The number of rotatable bonds is 5. The third-order valence-electron chi connectivity index (χ3n) is 3.41. The minimum atomic E-state index is -0.862. The van der Waals surface area contributed by atoms with Crippen LogP contribution in [0.3, 0.4) is 0 Å². The SMILES string of the molecule is COC(=O)c1cccc(CN[C@H](C)c2cccc(F)c2F)c1. The van der Waals surface area contributed by atoms with Gasteiger partial charge in [-0.25, -0.2) is 13.6 Å². The number of esters is 1. The van der Waals surface area contributed by atoms with Gasteiger partial charge in [0.15, 0.2) is 11.6 Å². The molecule has 0 aliphatic carbocycles. The van der Waals surface area contributed by atoms with Gasteiger partial charge in [-0.15, -0.1) is 0 Å². The number of ether oxygens (including phenoxy) is 1. The molecule has 0 aliphatic rings. The average molecular weight is 305 g/mol. The molecule has 2 aromatic rings. The minimum absolute atomic E-state index is 0.268. The summed E-state index contributed by atoms with van der Waals surface area (Å²) < 4.78 is 31.6. The van der Waals surface area contributed by atoms with Crippen LogP contribution in [0.25, 0.3) is 0 Å². The Hall–Kier alpha value is -2.27. The molecule has 22 heavy (non-hydrogen) atoms. The number of carbonyl (C=O) groups excluding carboxylic acids is 1. The first-order valence-electron chi connectivity index (χ1n) is 6.87. The summed E-state index contributed by atoms with van der Waals surface area (Å²) in [6.07, 6.45) is 0. The lowest BCUT2D eigenvalue weighted by Crippen LogP contribution is -2.19. The fourth-order valence-electron chi connectivity index (χ4n) is 2.16. The van der Waals surface area contributed by atoms with Gasteiger partial charge in [0.1, 0.15) is 0 Å². The van der Waals surface area contributed by atoms with Gasteiger partial charge in [-0.3, -0.25) is 0 Å². The molecule has 5 heteroatoms. The predicted molar refractivity (Wildman–Crippen MR) is 79.4 cm³/mol. The highest BCUT2D eigenvalue weighted by Gasteiger charge is 2.14. The Bertz CT molecular complexity index is 673. The van der Waals surface area contributed by atoms with Crippen molar-refractivity contribution in [1.82, 2.24) is 5.32 Å². The molecule has 0 radical (unpaired) electrons. The van der Waals surface area contributed by atoms with Gasteiger partial charge in [0.25, 0.3) is 0 Å². The monoisotopic (exact) mass is 305 g/mol. The molecule has 0 amide bonds. The molecule has 1 atom stereocenters. The number of carbonyl (C=O) groups is 1. The zero-order valence-corrected chi connectivity index (χ0v) is 12.4. The van der Waals surface area contributed by atoms with Crippen molar-refractivity contribution in [2.24, 2.45) is 0 Å². The Balaban J connectivity index is 2.06. The third-order valence-corrected chi connectivity index (χ3v) is 3.41. The molecule has 2 rings (SSSR count). The Morgan fingerprint density at radius 1 is 1.23 bits per heavy atom. The molecule has 0 heterocycles. The first-order chi connectivity index (χ1) is 10.5. The third kappa shape index (κ3) is 3.68. The highest BCUT2D eigenvalue weighted by Crippen LogP contribution is 2.19. The molecule has 1 N–H and O–H groups in total. The molecule has 0 saturated heterocycles. The van der Waals surface area contributed by atoms with E-state index < -0.39 is 17.6 Å². The van der Waals surface area contributed by atoms with Crippen molar-refractivity contribution in [3.05, 3.63) is 70.8 Å². The number of hydrogen-bond acceptors (Lipinski definition) is 3. The second kappa shape index (κ2) is 7.13. The van der Waals surface area contributed by atoms with Crippen molar-refractivity contribution < 1.29 is 18.3 Å². The van der Waals surface area contributed by atoms with Gasteiger partial charge in [0.05, 0.1) is 12.7 Å². The van der Waals surface area contributed by atoms with Crippen LogP contribution >= 0.6 is 0 Å². The summed E-state index contributed by atoms with van der Waals surface area (Å²) in [4.78, 5) is 11.5. The zero-order valence-electron chi connectivity index (χ0n) is 12.4. The lowest BCUT2D eigenvalue weighted by molar-refractivity contribution is 0.0600.